The molecule has 0 saturated heterocycles. The Morgan fingerprint density at radius 2 is 1.93 bits per heavy atom. The highest BCUT2D eigenvalue weighted by atomic mass is 19.2. The number of nitrogens with one attached hydrogen (secondary N) is 1. The van der Waals surface area contributed by atoms with Crippen LogP contribution in [0, 0.1) is 34.5 Å². The van der Waals surface area contributed by atoms with Gasteiger partial charge in [-0.3, -0.25) is 14.9 Å². The van der Waals surface area contributed by atoms with E-state index in [-0.39, 0.29) is 22.8 Å². The van der Waals surface area contributed by atoms with Crippen LogP contribution in [0.3, 0.4) is 0 Å². The molecule has 0 saturated carbocycles. The smallest absolute Gasteiger partial charge is 0.318 e. The number of rotatable bonds is 5. The van der Waals surface area contributed by atoms with Crippen molar-refractivity contribution in [2.75, 3.05) is 14.2 Å². The SMILES string of the molecule is CNC1=C(c2cc(F)c(F)c(C)c2F)C(=O)C(c2cccc(OC)c2[N+](=O)[O-])O1. The van der Waals surface area contributed by atoms with Crippen LogP contribution in [0.4, 0.5) is 18.9 Å². The molecule has 0 fully saturated rings. The Labute approximate surface area is 162 Å². The van der Waals surface area contributed by atoms with Crippen LogP contribution in [-0.2, 0) is 9.53 Å². The van der Waals surface area contributed by atoms with Gasteiger partial charge in [-0.05, 0) is 25.1 Å². The van der Waals surface area contributed by atoms with Crippen LogP contribution in [0.5, 0.6) is 5.75 Å². The average Bonchev–Trinajstić information content (AvgIpc) is 3.04. The fourth-order valence-electron chi connectivity index (χ4n) is 3.14. The predicted octanol–water partition coefficient (Wildman–Crippen LogP) is 3.56. The first-order chi connectivity index (χ1) is 13.7. The second kappa shape index (κ2) is 7.46. The number of nitrogens with zero attached hydrogens (tertiary/aromatic N) is 1. The zero-order valence-corrected chi connectivity index (χ0v) is 15.5. The molecule has 1 aliphatic heterocycles. The molecule has 1 N–H and O–H groups in total. The van der Waals surface area contributed by atoms with Crippen LogP contribution in [0.25, 0.3) is 5.57 Å². The van der Waals surface area contributed by atoms with Crippen LogP contribution < -0.4 is 10.1 Å². The number of methoxy groups -OCH3 is 1. The molecule has 0 radical (unpaired) electrons. The van der Waals surface area contributed by atoms with Crippen LogP contribution in [0.1, 0.15) is 22.8 Å². The van der Waals surface area contributed by atoms with E-state index in [4.69, 9.17) is 9.47 Å². The van der Waals surface area contributed by atoms with E-state index in [1.54, 1.807) is 0 Å². The van der Waals surface area contributed by atoms with E-state index in [1.807, 2.05) is 0 Å². The maximum Gasteiger partial charge on any atom is 0.318 e. The summed E-state index contributed by atoms with van der Waals surface area (Å²) in [6.07, 6.45) is -1.50. The second-order valence-electron chi connectivity index (χ2n) is 6.13. The fourth-order valence-corrected chi connectivity index (χ4v) is 3.14. The van der Waals surface area contributed by atoms with Crippen LogP contribution in [0.2, 0.25) is 0 Å². The van der Waals surface area contributed by atoms with Gasteiger partial charge >= 0.3 is 5.69 Å². The number of ketones is 1. The quantitative estimate of drug-likeness (QED) is 0.462. The average molecular weight is 408 g/mol. The molecule has 1 heterocycles. The molecule has 29 heavy (non-hydrogen) atoms. The number of para-hydroxylation sites is 1. The van der Waals surface area contributed by atoms with Gasteiger partial charge in [0.15, 0.2) is 29.4 Å². The predicted molar refractivity (Wildman–Crippen MR) is 95.5 cm³/mol. The Hall–Kier alpha value is -3.56. The highest BCUT2D eigenvalue weighted by Gasteiger charge is 2.42. The van der Waals surface area contributed by atoms with Gasteiger partial charge in [-0.1, -0.05) is 6.07 Å². The molecule has 1 aliphatic rings. The number of benzene rings is 2. The lowest BCUT2D eigenvalue weighted by atomic mass is 9.94. The van der Waals surface area contributed by atoms with Gasteiger partial charge < -0.3 is 14.8 Å². The Kier molecular flexibility index (Phi) is 5.19. The number of carbonyl (C=O) groups is 1. The number of carbonyl (C=O) groups excluding carboxylic acids is 1. The first-order valence-corrected chi connectivity index (χ1v) is 8.31. The summed E-state index contributed by atoms with van der Waals surface area (Å²) >= 11 is 0. The van der Waals surface area contributed by atoms with E-state index in [2.05, 4.69) is 5.32 Å². The number of nitro groups is 1. The van der Waals surface area contributed by atoms with Crippen molar-refractivity contribution in [3.8, 4) is 5.75 Å². The topological polar surface area (TPSA) is 90.7 Å². The molecule has 7 nitrogen and oxygen atoms in total. The third kappa shape index (κ3) is 3.16. The highest BCUT2D eigenvalue weighted by Crippen LogP contribution is 2.43. The largest absolute Gasteiger partial charge is 0.490 e. The number of Topliss-reactive ketones (excluding diaryl/α,β-unsaturated/α-hetero) is 1. The normalized spacial score (nSPS) is 16.1. The Morgan fingerprint density at radius 1 is 1.24 bits per heavy atom. The first kappa shape index (κ1) is 20.2. The maximum absolute atomic E-state index is 14.6. The van der Waals surface area contributed by atoms with Crippen molar-refractivity contribution in [2.24, 2.45) is 0 Å². The van der Waals surface area contributed by atoms with Gasteiger partial charge in [0.05, 0.1) is 23.2 Å². The summed E-state index contributed by atoms with van der Waals surface area (Å²) in [5, 5.41) is 14.1. The number of ether oxygens (including phenoxy) is 2. The summed E-state index contributed by atoms with van der Waals surface area (Å²) in [5.74, 6) is -5.02. The molecule has 3 rings (SSSR count). The molecule has 152 valence electrons. The van der Waals surface area contributed by atoms with E-state index >= 15 is 0 Å². The molecular weight excluding hydrogens is 393 g/mol. The van der Waals surface area contributed by atoms with Crippen LogP contribution in [0.15, 0.2) is 30.1 Å². The van der Waals surface area contributed by atoms with Crippen molar-refractivity contribution < 1.29 is 32.4 Å². The fraction of sp³-hybridized carbons (Fsp3) is 0.211. The molecule has 0 spiro atoms. The molecule has 0 aromatic heterocycles. The lowest BCUT2D eigenvalue weighted by molar-refractivity contribution is -0.386. The summed E-state index contributed by atoms with van der Waals surface area (Å²) in [7, 11) is 2.60. The second-order valence-corrected chi connectivity index (χ2v) is 6.13. The highest BCUT2D eigenvalue weighted by molar-refractivity contribution is 6.25. The maximum atomic E-state index is 14.6. The first-order valence-electron chi connectivity index (χ1n) is 8.31. The van der Waals surface area contributed by atoms with Gasteiger partial charge in [-0.25, -0.2) is 13.2 Å². The van der Waals surface area contributed by atoms with E-state index in [0.717, 1.165) is 6.92 Å². The minimum atomic E-state index is -1.50. The van der Waals surface area contributed by atoms with Crippen molar-refractivity contribution in [1.82, 2.24) is 5.32 Å². The van der Waals surface area contributed by atoms with Crippen molar-refractivity contribution in [3.63, 3.8) is 0 Å². The van der Waals surface area contributed by atoms with Gasteiger partial charge in [-0.15, -0.1) is 0 Å². The van der Waals surface area contributed by atoms with Crippen molar-refractivity contribution >= 4 is 17.0 Å². The standard InChI is InChI=1S/C19H15F3N2O5/c1-8-14(21)10(7-11(20)15(8)22)13-17(25)18(29-19(13)23-2)9-5-4-6-12(28-3)16(9)24(26)27/h4-7,18,23H,1-3H3. The third-order valence-electron chi connectivity index (χ3n) is 4.53. The minimum Gasteiger partial charge on any atom is -0.490 e. The van der Waals surface area contributed by atoms with Crippen molar-refractivity contribution in [3.05, 3.63) is 74.4 Å². The van der Waals surface area contributed by atoms with Gasteiger partial charge in [0.1, 0.15) is 5.82 Å². The van der Waals surface area contributed by atoms with Crippen LogP contribution >= 0.6 is 0 Å². The lowest BCUT2D eigenvalue weighted by Gasteiger charge is -2.13. The zero-order chi connectivity index (χ0) is 21.5. The third-order valence-corrected chi connectivity index (χ3v) is 4.53. The Balaban J connectivity index is 2.17. The zero-order valence-electron chi connectivity index (χ0n) is 15.5. The van der Waals surface area contributed by atoms with E-state index in [9.17, 15) is 28.1 Å². The lowest BCUT2D eigenvalue weighted by Crippen LogP contribution is -2.13. The summed E-state index contributed by atoms with van der Waals surface area (Å²) in [5.41, 5.74) is -2.11. The van der Waals surface area contributed by atoms with Gasteiger partial charge in [-0.2, -0.15) is 0 Å². The minimum absolute atomic E-state index is 0.0989. The molecule has 0 aliphatic carbocycles. The molecule has 1 atom stereocenters. The van der Waals surface area contributed by atoms with Crippen LogP contribution in [-0.4, -0.2) is 24.9 Å². The van der Waals surface area contributed by atoms with Crippen molar-refractivity contribution in [1.29, 1.82) is 0 Å². The molecule has 2 aromatic carbocycles. The Morgan fingerprint density at radius 3 is 2.52 bits per heavy atom. The molecule has 1 unspecified atom stereocenters. The summed E-state index contributed by atoms with van der Waals surface area (Å²) < 4.78 is 52.6. The van der Waals surface area contributed by atoms with Gasteiger partial charge in [0.2, 0.25) is 5.78 Å². The molecule has 0 amide bonds. The van der Waals surface area contributed by atoms with E-state index in [1.165, 1.54) is 32.4 Å². The van der Waals surface area contributed by atoms with E-state index in [0.29, 0.717) is 6.07 Å². The number of hydrogen-bond donors (Lipinski definition) is 1. The van der Waals surface area contributed by atoms with E-state index < -0.39 is 51.1 Å². The monoisotopic (exact) mass is 408 g/mol. The molecular formula is C19H15F3N2O5. The number of nitro benzene ring substituents is 1. The number of halogens is 3. The molecule has 10 heteroatoms. The molecule has 0 bridgehead atoms. The summed E-state index contributed by atoms with van der Waals surface area (Å²) in [4.78, 5) is 23.8. The Bertz CT molecular complexity index is 1070. The summed E-state index contributed by atoms with van der Waals surface area (Å²) in [6, 6.07) is 4.62. The summed E-state index contributed by atoms with van der Waals surface area (Å²) in [6.45, 7) is 1.03. The molecule has 2 aromatic rings. The van der Waals surface area contributed by atoms with Gasteiger partial charge in [0.25, 0.3) is 0 Å². The van der Waals surface area contributed by atoms with Gasteiger partial charge in [0, 0.05) is 18.2 Å². The number of hydrogen-bond acceptors (Lipinski definition) is 6. The van der Waals surface area contributed by atoms with Crippen molar-refractivity contribution in [2.45, 2.75) is 13.0 Å².